The molecule has 116 valence electrons. The van der Waals surface area contributed by atoms with E-state index in [1.807, 2.05) is 19.0 Å². The molecule has 0 aliphatic carbocycles. The molecule has 0 aliphatic heterocycles. The van der Waals surface area contributed by atoms with Gasteiger partial charge in [-0.25, -0.2) is 0 Å². The number of hydrogen-bond donors (Lipinski definition) is 2. The Balaban J connectivity index is 2.39. The summed E-state index contributed by atoms with van der Waals surface area (Å²) < 4.78 is 35.7. The van der Waals surface area contributed by atoms with E-state index in [9.17, 15) is 22.8 Å². The van der Waals surface area contributed by atoms with Crippen LogP contribution in [-0.4, -0.2) is 45.2 Å². The molecule has 0 fully saturated rings. The minimum atomic E-state index is -4.91. The van der Waals surface area contributed by atoms with E-state index in [1.54, 1.807) is 29.6 Å². The van der Waals surface area contributed by atoms with E-state index in [-0.39, 0.29) is 13.1 Å². The van der Waals surface area contributed by atoms with Crippen LogP contribution < -0.4 is 15.5 Å². The van der Waals surface area contributed by atoms with Crippen molar-refractivity contribution in [1.29, 1.82) is 0 Å². The summed E-state index contributed by atoms with van der Waals surface area (Å²) >= 11 is 0. The molecule has 1 rings (SSSR count). The molecule has 0 bridgehead atoms. The molecule has 2 amide bonds. The third kappa shape index (κ3) is 5.33. The average molecular weight is 303 g/mol. The van der Waals surface area contributed by atoms with Gasteiger partial charge >= 0.3 is 12.1 Å². The van der Waals surface area contributed by atoms with Crippen molar-refractivity contribution < 1.29 is 22.8 Å². The SMILES string of the molecule is CN(C)c1ccc(C(=O)NCCNC(=O)C(F)(F)F)cc1. The monoisotopic (exact) mass is 303 g/mol. The quantitative estimate of drug-likeness (QED) is 0.803. The lowest BCUT2D eigenvalue weighted by Gasteiger charge is -2.13. The molecule has 0 saturated heterocycles. The summed E-state index contributed by atoms with van der Waals surface area (Å²) in [5, 5.41) is 4.09. The van der Waals surface area contributed by atoms with Crippen molar-refractivity contribution in [2.75, 3.05) is 32.1 Å². The van der Waals surface area contributed by atoms with Gasteiger partial charge < -0.3 is 15.5 Å². The molecule has 0 radical (unpaired) electrons. The fourth-order valence-electron chi connectivity index (χ4n) is 1.47. The lowest BCUT2D eigenvalue weighted by atomic mass is 10.2. The zero-order chi connectivity index (χ0) is 16.0. The molecular weight excluding hydrogens is 287 g/mol. The molecular formula is C13H16F3N3O2. The van der Waals surface area contributed by atoms with Gasteiger partial charge in [0.05, 0.1) is 0 Å². The molecule has 0 heterocycles. The van der Waals surface area contributed by atoms with Crippen LogP contribution in [0.2, 0.25) is 0 Å². The summed E-state index contributed by atoms with van der Waals surface area (Å²) in [7, 11) is 3.72. The maximum atomic E-state index is 11.9. The van der Waals surface area contributed by atoms with Crippen molar-refractivity contribution in [2.45, 2.75) is 6.18 Å². The third-order valence-electron chi connectivity index (χ3n) is 2.60. The zero-order valence-corrected chi connectivity index (χ0v) is 11.6. The summed E-state index contributed by atoms with van der Waals surface area (Å²) in [6, 6.07) is 6.72. The van der Waals surface area contributed by atoms with Gasteiger partial charge in [-0.3, -0.25) is 9.59 Å². The van der Waals surface area contributed by atoms with Crippen LogP contribution in [0.1, 0.15) is 10.4 Å². The number of benzene rings is 1. The highest BCUT2D eigenvalue weighted by Gasteiger charge is 2.38. The standard InChI is InChI=1S/C13H16F3N3O2/c1-19(2)10-5-3-9(4-6-10)11(20)17-7-8-18-12(21)13(14,15)16/h3-6H,7-8H2,1-2H3,(H,17,20)(H,18,21). The molecule has 1 aromatic carbocycles. The third-order valence-corrected chi connectivity index (χ3v) is 2.60. The van der Waals surface area contributed by atoms with Crippen molar-refractivity contribution >= 4 is 17.5 Å². The van der Waals surface area contributed by atoms with Gasteiger partial charge in [-0.15, -0.1) is 0 Å². The van der Waals surface area contributed by atoms with E-state index in [4.69, 9.17) is 0 Å². The number of carbonyl (C=O) groups is 2. The number of nitrogens with zero attached hydrogens (tertiary/aromatic N) is 1. The number of nitrogens with one attached hydrogen (secondary N) is 2. The van der Waals surface area contributed by atoms with Gasteiger partial charge in [0, 0.05) is 38.4 Å². The highest BCUT2D eigenvalue weighted by Crippen LogP contribution is 2.14. The highest BCUT2D eigenvalue weighted by atomic mass is 19.4. The summed E-state index contributed by atoms with van der Waals surface area (Å²) in [5.41, 5.74) is 1.31. The first kappa shape index (κ1) is 16.8. The Morgan fingerprint density at radius 3 is 2.05 bits per heavy atom. The molecule has 0 aliphatic rings. The second-order valence-corrected chi connectivity index (χ2v) is 4.45. The Morgan fingerprint density at radius 1 is 1.05 bits per heavy atom. The summed E-state index contributed by atoms with van der Waals surface area (Å²) in [4.78, 5) is 24.1. The number of alkyl halides is 3. The number of rotatable bonds is 5. The van der Waals surface area contributed by atoms with E-state index in [0.717, 1.165) is 5.69 Å². The number of amides is 2. The predicted molar refractivity (Wildman–Crippen MR) is 72.2 cm³/mol. The topological polar surface area (TPSA) is 61.4 Å². The molecule has 5 nitrogen and oxygen atoms in total. The molecule has 0 spiro atoms. The number of hydrogen-bond acceptors (Lipinski definition) is 3. The first-order valence-corrected chi connectivity index (χ1v) is 6.12. The number of carbonyl (C=O) groups excluding carboxylic acids is 2. The molecule has 0 aromatic heterocycles. The summed E-state index contributed by atoms with van der Waals surface area (Å²) in [6.07, 6.45) is -4.91. The van der Waals surface area contributed by atoms with Gasteiger partial charge in [0.1, 0.15) is 0 Å². The van der Waals surface area contributed by atoms with E-state index in [0.29, 0.717) is 5.56 Å². The van der Waals surface area contributed by atoms with Crippen LogP contribution in [0.25, 0.3) is 0 Å². The Kier molecular flexibility index (Phi) is 5.57. The number of anilines is 1. The van der Waals surface area contributed by atoms with Crippen LogP contribution in [0.4, 0.5) is 18.9 Å². The van der Waals surface area contributed by atoms with Crippen molar-refractivity contribution in [2.24, 2.45) is 0 Å². The van der Waals surface area contributed by atoms with Crippen molar-refractivity contribution in [3.05, 3.63) is 29.8 Å². The Bertz CT molecular complexity index is 498. The van der Waals surface area contributed by atoms with Crippen molar-refractivity contribution in [3.63, 3.8) is 0 Å². The van der Waals surface area contributed by atoms with Crippen LogP contribution in [0, 0.1) is 0 Å². The second-order valence-electron chi connectivity index (χ2n) is 4.45. The van der Waals surface area contributed by atoms with Crippen LogP contribution in [-0.2, 0) is 4.79 Å². The van der Waals surface area contributed by atoms with Crippen molar-refractivity contribution in [3.8, 4) is 0 Å². The van der Waals surface area contributed by atoms with E-state index < -0.39 is 18.0 Å². The zero-order valence-electron chi connectivity index (χ0n) is 11.6. The Labute approximate surface area is 120 Å². The first-order valence-electron chi connectivity index (χ1n) is 6.12. The lowest BCUT2D eigenvalue weighted by Crippen LogP contribution is -2.41. The predicted octanol–water partition coefficient (Wildman–Crippen LogP) is 1.16. The molecule has 0 atom stereocenters. The normalized spacial score (nSPS) is 10.9. The average Bonchev–Trinajstić information content (AvgIpc) is 2.42. The van der Waals surface area contributed by atoms with Gasteiger partial charge in [-0.05, 0) is 24.3 Å². The summed E-state index contributed by atoms with van der Waals surface area (Å²) in [6.45, 7) is -0.379. The minimum Gasteiger partial charge on any atom is -0.378 e. The Morgan fingerprint density at radius 2 is 1.57 bits per heavy atom. The van der Waals surface area contributed by atoms with Gasteiger partial charge in [-0.2, -0.15) is 13.2 Å². The van der Waals surface area contributed by atoms with Gasteiger partial charge in [-0.1, -0.05) is 0 Å². The molecule has 8 heteroatoms. The van der Waals surface area contributed by atoms with Crippen LogP contribution in [0.3, 0.4) is 0 Å². The van der Waals surface area contributed by atoms with E-state index in [2.05, 4.69) is 5.32 Å². The Hall–Kier alpha value is -2.25. The van der Waals surface area contributed by atoms with Crippen LogP contribution in [0.5, 0.6) is 0 Å². The smallest absolute Gasteiger partial charge is 0.378 e. The fourth-order valence-corrected chi connectivity index (χ4v) is 1.47. The number of halogens is 3. The maximum Gasteiger partial charge on any atom is 0.471 e. The largest absolute Gasteiger partial charge is 0.471 e. The maximum absolute atomic E-state index is 11.9. The molecule has 2 N–H and O–H groups in total. The van der Waals surface area contributed by atoms with Crippen LogP contribution in [0.15, 0.2) is 24.3 Å². The van der Waals surface area contributed by atoms with Crippen LogP contribution >= 0.6 is 0 Å². The van der Waals surface area contributed by atoms with Gasteiger partial charge in [0.2, 0.25) is 0 Å². The molecule has 0 unspecified atom stereocenters. The molecule has 1 aromatic rings. The summed E-state index contributed by atoms with van der Waals surface area (Å²) in [5.74, 6) is -2.44. The lowest BCUT2D eigenvalue weighted by molar-refractivity contribution is -0.173. The minimum absolute atomic E-state index is 0.0872. The van der Waals surface area contributed by atoms with Gasteiger partial charge in [0.25, 0.3) is 5.91 Å². The molecule has 0 saturated carbocycles. The van der Waals surface area contributed by atoms with Crippen molar-refractivity contribution in [1.82, 2.24) is 10.6 Å². The second kappa shape index (κ2) is 6.96. The first-order chi connectivity index (χ1) is 9.71. The van der Waals surface area contributed by atoms with Gasteiger partial charge in [0.15, 0.2) is 0 Å². The molecule has 21 heavy (non-hydrogen) atoms. The van der Waals surface area contributed by atoms with E-state index >= 15 is 0 Å². The fraction of sp³-hybridized carbons (Fsp3) is 0.385. The van der Waals surface area contributed by atoms with E-state index in [1.165, 1.54) is 0 Å². The highest BCUT2D eigenvalue weighted by molar-refractivity contribution is 5.94.